The largest absolute Gasteiger partial charge is 0.493 e. The van der Waals surface area contributed by atoms with Crippen LogP contribution in [0, 0.1) is 5.82 Å². The fourth-order valence-electron chi connectivity index (χ4n) is 2.86. The van der Waals surface area contributed by atoms with Gasteiger partial charge in [-0.2, -0.15) is 0 Å². The van der Waals surface area contributed by atoms with Crippen molar-refractivity contribution in [3.05, 3.63) is 53.8 Å². The van der Waals surface area contributed by atoms with Crippen LogP contribution in [0.4, 0.5) is 4.39 Å². The van der Waals surface area contributed by atoms with Gasteiger partial charge in [0.2, 0.25) is 10.0 Å². The lowest BCUT2D eigenvalue weighted by molar-refractivity contribution is 0.345. The highest BCUT2D eigenvalue weighted by Gasteiger charge is 2.27. The monoisotopic (exact) mass is 410 g/mol. The van der Waals surface area contributed by atoms with Crippen LogP contribution >= 0.6 is 0 Å². The fourth-order valence-corrected chi connectivity index (χ4v) is 4.14. The van der Waals surface area contributed by atoms with Crippen molar-refractivity contribution in [2.45, 2.75) is 37.2 Å². The topological polar surface area (TPSA) is 76.7 Å². The van der Waals surface area contributed by atoms with Gasteiger partial charge in [0.15, 0.2) is 11.5 Å². The van der Waals surface area contributed by atoms with Crippen molar-refractivity contribution in [1.82, 2.24) is 10.0 Å². The molecule has 0 amide bonds. The van der Waals surface area contributed by atoms with E-state index in [1.165, 1.54) is 14.2 Å². The van der Waals surface area contributed by atoms with Gasteiger partial charge in [0.05, 0.1) is 14.2 Å². The molecule has 6 nitrogen and oxygen atoms in total. The molecule has 2 aromatic carbocycles. The van der Waals surface area contributed by atoms with Crippen molar-refractivity contribution in [2.24, 2.45) is 0 Å². The summed E-state index contributed by atoms with van der Waals surface area (Å²) in [6.45, 7) is 5.82. The lowest BCUT2D eigenvalue weighted by Crippen LogP contribution is -2.49. The maximum absolute atomic E-state index is 14.3. The molecule has 2 rings (SSSR count). The van der Waals surface area contributed by atoms with Gasteiger partial charge in [-0.3, -0.25) is 0 Å². The Morgan fingerprint density at radius 1 is 1.07 bits per heavy atom. The van der Waals surface area contributed by atoms with E-state index in [4.69, 9.17) is 9.47 Å². The molecule has 0 saturated heterocycles. The van der Waals surface area contributed by atoms with E-state index in [1.54, 1.807) is 0 Å². The van der Waals surface area contributed by atoms with Gasteiger partial charge >= 0.3 is 0 Å². The zero-order valence-corrected chi connectivity index (χ0v) is 17.6. The zero-order chi connectivity index (χ0) is 20.9. The van der Waals surface area contributed by atoms with Gasteiger partial charge in [0.1, 0.15) is 10.7 Å². The number of rotatable bonds is 9. The van der Waals surface area contributed by atoms with Crippen molar-refractivity contribution in [3.63, 3.8) is 0 Å². The van der Waals surface area contributed by atoms with Crippen molar-refractivity contribution >= 4 is 10.0 Å². The van der Waals surface area contributed by atoms with E-state index in [1.807, 2.05) is 51.1 Å². The lowest BCUT2D eigenvalue weighted by atomic mass is 10.0. The first kappa shape index (κ1) is 22.1. The van der Waals surface area contributed by atoms with Crippen LogP contribution < -0.4 is 19.5 Å². The maximum Gasteiger partial charge on any atom is 0.243 e. The second-order valence-electron chi connectivity index (χ2n) is 7.12. The normalized spacial score (nSPS) is 13.2. The third kappa shape index (κ3) is 5.43. The lowest BCUT2D eigenvalue weighted by Gasteiger charge is -2.30. The predicted molar refractivity (Wildman–Crippen MR) is 107 cm³/mol. The Kier molecular flexibility index (Phi) is 7.03. The molecule has 8 heteroatoms. The summed E-state index contributed by atoms with van der Waals surface area (Å²) in [5.41, 5.74) is 0.513. The molecule has 2 N–H and O–H groups in total. The zero-order valence-electron chi connectivity index (χ0n) is 16.7. The Hall–Kier alpha value is -2.16. The Balaban J connectivity index is 2.14. The van der Waals surface area contributed by atoms with Crippen LogP contribution in [0.5, 0.6) is 11.5 Å². The van der Waals surface area contributed by atoms with E-state index in [9.17, 15) is 12.8 Å². The molecular formula is C20H27FN2O4S. The molecule has 2 aromatic rings. The predicted octanol–water partition coefficient (Wildman–Crippen LogP) is 3.25. The summed E-state index contributed by atoms with van der Waals surface area (Å²) in [6.07, 6.45) is 0. The summed E-state index contributed by atoms with van der Waals surface area (Å²) >= 11 is 0. The third-order valence-electron chi connectivity index (χ3n) is 4.34. The summed E-state index contributed by atoms with van der Waals surface area (Å²) < 4.78 is 52.2. The van der Waals surface area contributed by atoms with Crippen molar-refractivity contribution in [2.75, 3.05) is 20.8 Å². The first-order valence-corrected chi connectivity index (χ1v) is 10.3. The number of halogens is 1. The van der Waals surface area contributed by atoms with Gasteiger partial charge < -0.3 is 14.8 Å². The molecular weight excluding hydrogens is 383 g/mol. The smallest absolute Gasteiger partial charge is 0.243 e. The molecule has 0 bridgehead atoms. The Morgan fingerprint density at radius 3 is 2.21 bits per heavy atom. The van der Waals surface area contributed by atoms with Gasteiger partial charge in [-0.1, -0.05) is 30.3 Å². The van der Waals surface area contributed by atoms with E-state index < -0.39 is 26.3 Å². The molecule has 0 saturated carbocycles. The molecule has 0 aliphatic rings. The van der Waals surface area contributed by atoms with Crippen LogP contribution in [-0.2, 0) is 10.0 Å². The minimum atomic E-state index is -4.08. The van der Waals surface area contributed by atoms with E-state index in [2.05, 4.69) is 10.0 Å². The molecule has 0 aliphatic heterocycles. The second-order valence-corrected chi connectivity index (χ2v) is 8.86. The average molecular weight is 411 g/mol. The van der Waals surface area contributed by atoms with E-state index in [-0.39, 0.29) is 24.1 Å². The number of hydrogen-bond acceptors (Lipinski definition) is 5. The van der Waals surface area contributed by atoms with Crippen LogP contribution in [0.2, 0.25) is 0 Å². The van der Waals surface area contributed by atoms with Gasteiger partial charge in [-0.15, -0.1) is 0 Å². The van der Waals surface area contributed by atoms with Crippen LogP contribution in [0.25, 0.3) is 0 Å². The summed E-state index contributed by atoms with van der Waals surface area (Å²) in [5.74, 6) is -0.648. The Bertz CT molecular complexity index is 902. The SMILES string of the molecule is COc1cc(F)c(S(=O)(=O)NCC(C)(C)NC(C)c2ccccc2)cc1OC. The standard InChI is InChI=1S/C20H27FN2O4S/c1-14(15-9-7-6-8-10-15)23-20(2,3)13-22-28(24,25)19-12-18(27-5)17(26-4)11-16(19)21/h6-12,14,22-23H,13H2,1-5H3. The molecule has 0 fully saturated rings. The molecule has 28 heavy (non-hydrogen) atoms. The average Bonchev–Trinajstić information content (AvgIpc) is 2.66. The molecule has 0 radical (unpaired) electrons. The number of sulfonamides is 1. The molecule has 1 atom stereocenters. The number of benzene rings is 2. The highest BCUT2D eigenvalue weighted by Crippen LogP contribution is 2.31. The van der Waals surface area contributed by atoms with Crippen LogP contribution in [0.1, 0.15) is 32.4 Å². The number of ether oxygens (including phenoxy) is 2. The van der Waals surface area contributed by atoms with Crippen LogP contribution in [0.15, 0.2) is 47.4 Å². The minimum absolute atomic E-state index is 0.0125. The summed E-state index contributed by atoms with van der Waals surface area (Å²) in [6, 6.07) is 11.9. The first-order chi connectivity index (χ1) is 13.1. The molecule has 154 valence electrons. The van der Waals surface area contributed by atoms with Crippen molar-refractivity contribution in [1.29, 1.82) is 0 Å². The molecule has 0 spiro atoms. The van der Waals surface area contributed by atoms with Crippen molar-refractivity contribution in [3.8, 4) is 11.5 Å². The molecule has 0 aromatic heterocycles. The third-order valence-corrected chi connectivity index (χ3v) is 5.75. The molecule has 1 unspecified atom stereocenters. The minimum Gasteiger partial charge on any atom is -0.493 e. The Morgan fingerprint density at radius 2 is 1.64 bits per heavy atom. The van der Waals surface area contributed by atoms with E-state index >= 15 is 0 Å². The van der Waals surface area contributed by atoms with E-state index in [0.29, 0.717) is 0 Å². The van der Waals surface area contributed by atoms with Crippen LogP contribution in [-0.4, -0.2) is 34.7 Å². The molecule has 0 heterocycles. The van der Waals surface area contributed by atoms with Gasteiger partial charge in [0.25, 0.3) is 0 Å². The summed E-state index contributed by atoms with van der Waals surface area (Å²) in [4.78, 5) is -0.489. The number of hydrogen-bond donors (Lipinski definition) is 2. The highest BCUT2D eigenvalue weighted by atomic mass is 32.2. The fraction of sp³-hybridized carbons (Fsp3) is 0.400. The second kappa shape index (κ2) is 8.89. The number of methoxy groups -OCH3 is 2. The van der Waals surface area contributed by atoms with Gasteiger partial charge in [0, 0.05) is 30.3 Å². The van der Waals surface area contributed by atoms with E-state index in [0.717, 1.165) is 17.7 Å². The summed E-state index contributed by atoms with van der Waals surface area (Å²) in [7, 11) is -1.37. The van der Waals surface area contributed by atoms with Crippen molar-refractivity contribution < 1.29 is 22.3 Å². The Labute approximate surface area is 166 Å². The molecule has 0 aliphatic carbocycles. The maximum atomic E-state index is 14.3. The summed E-state index contributed by atoms with van der Waals surface area (Å²) in [5, 5.41) is 3.39. The first-order valence-electron chi connectivity index (χ1n) is 8.83. The number of nitrogens with one attached hydrogen (secondary N) is 2. The van der Waals surface area contributed by atoms with Gasteiger partial charge in [-0.05, 0) is 26.3 Å². The van der Waals surface area contributed by atoms with Gasteiger partial charge in [-0.25, -0.2) is 17.5 Å². The quantitative estimate of drug-likeness (QED) is 0.664. The highest BCUT2D eigenvalue weighted by molar-refractivity contribution is 7.89. The van der Waals surface area contributed by atoms with Crippen LogP contribution in [0.3, 0.4) is 0 Å².